The van der Waals surface area contributed by atoms with Gasteiger partial charge < -0.3 is 16.0 Å². The summed E-state index contributed by atoms with van der Waals surface area (Å²) in [4.78, 5) is 23.7. The lowest BCUT2D eigenvalue weighted by Gasteiger charge is -2.11. The molecular weight excluding hydrogens is 278 g/mol. The number of carbonyl (C=O) groups excluding carboxylic acids is 2. The summed E-state index contributed by atoms with van der Waals surface area (Å²) >= 11 is 0. The quantitative estimate of drug-likeness (QED) is 0.756. The van der Waals surface area contributed by atoms with E-state index >= 15 is 0 Å². The summed E-state index contributed by atoms with van der Waals surface area (Å²) in [5.41, 5.74) is 1.48. The summed E-state index contributed by atoms with van der Waals surface area (Å²) in [6.07, 6.45) is 5.74. The second-order valence-corrected chi connectivity index (χ2v) is 6.22. The Bertz CT molecular complexity index is 549. The van der Waals surface area contributed by atoms with Crippen LogP contribution in [0.3, 0.4) is 0 Å². The van der Waals surface area contributed by atoms with Crippen molar-refractivity contribution in [2.45, 2.75) is 44.6 Å². The number of anilines is 2. The number of amides is 2. The molecule has 118 valence electrons. The first-order valence-electron chi connectivity index (χ1n) is 8.15. The van der Waals surface area contributed by atoms with Gasteiger partial charge in [-0.3, -0.25) is 9.59 Å². The van der Waals surface area contributed by atoms with Gasteiger partial charge in [-0.05, 0) is 56.8 Å². The van der Waals surface area contributed by atoms with E-state index in [0.717, 1.165) is 43.6 Å². The molecule has 0 bridgehead atoms. The first-order chi connectivity index (χ1) is 10.7. The van der Waals surface area contributed by atoms with Crippen molar-refractivity contribution in [2.75, 3.05) is 17.2 Å². The third-order valence-corrected chi connectivity index (χ3v) is 4.24. The molecule has 2 fully saturated rings. The van der Waals surface area contributed by atoms with E-state index in [2.05, 4.69) is 16.0 Å². The minimum absolute atomic E-state index is 0.0272. The zero-order valence-corrected chi connectivity index (χ0v) is 12.7. The highest BCUT2D eigenvalue weighted by atomic mass is 16.2. The molecule has 1 aliphatic carbocycles. The molecule has 3 N–H and O–H groups in total. The first kappa shape index (κ1) is 15.0. The maximum atomic E-state index is 12.0. The van der Waals surface area contributed by atoms with Gasteiger partial charge in [0.25, 0.3) is 0 Å². The summed E-state index contributed by atoms with van der Waals surface area (Å²) in [5, 5.41) is 9.20. The zero-order chi connectivity index (χ0) is 15.4. The van der Waals surface area contributed by atoms with Gasteiger partial charge in [-0.1, -0.05) is 6.07 Å². The standard InChI is InChI=1S/C17H23N3O2/c21-16(9-8-13-5-2-10-18-13)19-14-3-1-4-15(11-14)20-17(22)12-6-7-12/h1,3-4,11-13,18H,2,5-10H2,(H,19,21)(H,20,22). The molecule has 1 unspecified atom stereocenters. The molecule has 3 rings (SSSR count). The Morgan fingerprint density at radius 3 is 2.59 bits per heavy atom. The van der Waals surface area contributed by atoms with E-state index in [-0.39, 0.29) is 17.7 Å². The molecule has 1 aromatic rings. The van der Waals surface area contributed by atoms with Crippen molar-refractivity contribution < 1.29 is 9.59 Å². The minimum Gasteiger partial charge on any atom is -0.326 e. The number of hydrogen-bond acceptors (Lipinski definition) is 3. The molecule has 0 spiro atoms. The highest BCUT2D eigenvalue weighted by Gasteiger charge is 2.29. The van der Waals surface area contributed by atoms with Crippen molar-refractivity contribution in [1.29, 1.82) is 0 Å². The van der Waals surface area contributed by atoms with E-state index in [9.17, 15) is 9.59 Å². The van der Waals surface area contributed by atoms with Gasteiger partial charge in [-0.15, -0.1) is 0 Å². The van der Waals surface area contributed by atoms with E-state index in [1.165, 1.54) is 6.42 Å². The molecule has 22 heavy (non-hydrogen) atoms. The molecule has 0 aromatic heterocycles. The van der Waals surface area contributed by atoms with E-state index < -0.39 is 0 Å². The average molecular weight is 301 g/mol. The number of rotatable bonds is 6. The molecule has 5 heteroatoms. The van der Waals surface area contributed by atoms with Crippen LogP contribution in [0.4, 0.5) is 11.4 Å². The molecule has 2 aliphatic rings. The van der Waals surface area contributed by atoms with Crippen LogP contribution in [-0.2, 0) is 9.59 Å². The van der Waals surface area contributed by atoms with Gasteiger partial charge in [0.15, 0.2) is 0 Å². The SMILES string of the molecule is O=C(CCC1CCCN1)Nc1cccc(NC(=O)C2CC2)c1. The molecule has 1 atom stereocenters. The molecule has 1 saturated heterocycles. The topological polar surface area (TPSA) is 70.2 Å². The summed E-state index contributed by atoms with van der Waals surface area (Å²) in [6.45, 7) is 1.06. The predicted molar refractivity (Wildman–Crippen MR) is 86.7 cm³/mol. The van der Waals surface area contributed by atoms with Gasteiger partial charge in [0.1, 0.15) is 0 Å². The lowest BCUT2D eigenvalue weighted by atomic mass is 10.1. The Morgan fingerprint density at radius 2 is 1.91 bits per heavy atom. The molecular formula is C17H23N3O2. The van der Waals surface area contributed by atoms with Gasteiger partial charge >= 0.3 is 0 Å². The van der Waals surface area contributed by atoms with Crippen LogP contribution in [0.1, 0.15) is 38.5 Å². The third-order valence-electron chi connectivity index (χ3n) is 4.24. The van der Waals surface area contributed by atoms with Crippen LogP contribution in [0.2, 0.25) is 0 Å². The number of benzene rings is 1. The average Bonchev–Trinajstić information content (AvgIpc) is 3.23. The van der Waals surface area contributed by atoms with Crippen LogP contribution in [-0.4, -0.2) is 24.4 Å². The van der Waals surface area contributed by atoms with Crippen molar-refractivity contribution in [2.24, 2.45) is 5.92 Å². The Balaban J connectivity index is 1.48. The molecule has 0 radical (unpaired) electrons. The Hall–Kier alpha value is -1.88. The second kappa shape index (κ2) is 6.92. The fourth-order valence-corrected chi connectivity index (χ4v) is 2.80. The zero-order valence-electron chi connectivity index (χ0n) is 12.7. The van der Waals surface area contributed by atoms with E-state index in [0.29, 0.717) is 12.5 Å². The molecule has 1 heterocycles. The Morgan fingerprint density at radius 1 is 1.14 bits per heavy atom. The highest BCUT2D eigenvalue weighted by molar-refractivity contribution is 5.95. The maximum absolute atomic E-state index is 12.0. The van der Waals surface area contributed by atoms with Gasteiger partial charge in [0.2, 0.25) is 11.8 Å². The Labute approximate surface area is 130 Å². The van der Waals surface area contributed by atoms with Gasteiger partial charge in [-0.25, -0.2) is 0 Å². The van der Waals surface area contributed by atoms with Crippen LogP contribution in [0.15, 0.2) is 24.3 Å². The lowest BCUT2D eigenvalue weighted by molar-refractivity contribution is -0.117. The molecule has 1 aromatic carbocycles. The largest absolute Gasteiger partial charge is 0.326 e. The normalized spacial score (nSPS) is 20.6. The van der Waals surface area contributed by atoms with Gasteiger partial charge in [-0.2, -0.15) is 0 Å². The van der Waals surface area contributed by atoms with E-state index in [4.69, 9.17) is 0 Å². The van der Waals surface area contributed by atoms with Crippen molar-refractivity contribution in [3.63, 3.8) is 0 Å². The maximum Gasteiger partial charge on any atom is 0.227 e. The number of carbonyl (C=O) groups is 2. The third kappa shape index (κ3) is 4.31. The fourth-order valence-electron chi connectivity index (χ4n) is 2.80. The summed E-state index contributed by atoms with van der Waals surface area (Å²) in [5.74, 6) is 0.285. The van der Waals surface area contributed by atoms with Crippen LogP contribution >= 0.6 is 0 Å². The monoisotopic (exact) mass is 301 g/mol. The van der Waals surface area contributed by atoms with Crippen molar-refractivity contribution >= 4 is 23.2 Å². The van der Waals surface area contributed by atoms with Gasteiger partial charge in [0, 0.05) is 29.8 Å². The fraction of sp³-hybridized carbons (Fsp3) is 0.529. The van der Waals surface area contributed by atoms with Crippen LogP contribution in [0.25, 0.3) is 0 Å². The summed E-state index contributed by atoms with van der Waals surface area (Å²) in [7, 11) is 0. The molecule has 2 amide bonds. The van der Waals surface area contributed by atoms with Crippen LogP contribution in [0, 0.1) is 5.92 Å². The number of hydrogen-bond donors (Lipinski definition) is 3. The lowest BCUT2D eigenvalue weighted by Crippen LogP contribution is -2.23. The van der Waals surface area contributed by atoms with E-state index in [1.807, 2.05) is 24.3 Å². The van der Waals surface area contributed by atoms with Crippen molar-refractivity contribution in [3.05, 3.63) is 24.3 Å². The molecule has 1 aliphatic heterocycles. The first-order valence-corrected chi connectivity index (χ1v) is 8.15. The molecule has 5 nitrogen and oxygen atoms in total. The van der Waals surface area contributed by atoms with Gasteiger partial charge in [0.05, 0.1) is 0 Å². The minimum atomic E-state index is 0.0272. The van der Waals surface area contributed by atoms with Crippen LogP contribution < -0.4 is 16.0 Å². The number of nitrogens with one attached hydrogen (secondary N) is 3. The summed E-state index contributed by atoms with van der Waals surface area (Å²) < 4.78 is 0. The van der Waals surface area contributed by atoms with Crippen molar-refractivity contribution in [1.82, 2.24) is 5.32 Å². The second-order valence-electron chi connectivity index (χ2n) is 6.22. The van der Waals surface area contributed by atoms with E-state index in [1.54, 1.807) is 0 Å². The molecule has 1 saturated carbocycles. The smallest absolute Gasteiger partial charge is 0.227 e. The van der Waals surface area contributed by atoms with Crippen molar-refractivity contribution in [3.8, 4) is 0 Å². The highest BCUT2D eigenvalue weighted by Crippen LogP contribution is 2.30. The predicted octanol–water partition coefficient (Wildman–Crippen LogP) is 2.51. The summed E-state index contributed by atoms with van der Waals surface area (Å²) in [6, 6.07) is 7.83. The Kier molecular flexibility index (Phi) is 4.73. The van der Waals surface area contributed by atoms with Crippen LogP contribution in [0.5, 0.6) is 0 Å².